The number of nitrogens with one attached hydrogen (secondary N) is 1. The maximum absolute atomic E-state index is 12.6. The summed E-state index contributed by atoms with van der Waals surface area (Å²) >= 11 is 0. The monoisotopic (exact) mass is 337 g/mol. The highest BCUT2D eigenvalue weighted by Gasteiger charge is 2.20. The molecule has 0 aliphatic heterocycles. The van der Waals surface area contributed by atoms with Crippen LogP contribution in [0.5, 0.6) is 0 Å². The Morgan fingerprint density at radius 2 is 1.28 bits per heavy atom. The Morgan fingerprint density at radius 3 is 1.76 bits per heavy atom. The van der Waals surface area contributed by atoms with E-state index in [1.165, 1.54) is 0 Å². The smallest absolute Gasteiger partial charge is 0.411 e. The summed E-state index contributed by atoms with van der Waals surface area (Å²) in [5.74, 6) is -0.377. The first kappa shape index (κ1) is 16.8. The topological polar surface area (TPSA) is 64.6 Å². The van der Waals surface area contributed by atoms with Crippen LogP contribution in [0.4, 0.5) is 10.5 Å². The summed E-state index contributed by atoms with van der Waals surface area (Å²) < 4.78 is 10.3. The Balaban J connectivity index is 2.34. The van der Waals surface area contributed by atoms with Crippen molar-refractivity contribution in [2.75, 3.05) is 18.5 Å². The Kier molecular flexibility index (Phi) is 4.84. The molecule has 0 heterocycles. The van der Waals surface area contributed by atoms with Crippen LogP contribution in [0.15, 0.2) is 48.5 Å². The number of carbonyl (C=O) groups excluding carboxylic acids is 2. The normalized spacial score (nSPS) is 10.6. The molecule has 3 aromatic carbocycles. The summed E-state index contributed by atoms with van der Waals surface area (Å²) in [6, 6.07) is 14.9. The molecule has 0 unspecified atom stereocenters. The summed E-state index contributed by atoms with van der Waals surface area (Å²) in [6.07, 6.45) is -0.526. The van der Waals surface area contributed by atoms with Crippen LogP contribution in [0.2, 0.25) is 0 Å². The molecule has 1 amide bonds. The molecule has 128 valence electrons. The SMILES string of the molecule is CCOC(=O)Nc1c2ccccc2c(C(=O)OCC)c2ccccc12. The summed E-state index contributed by atoms with van der Waals surface area (Å²) in [7, 11) is 0. The van der Waals surface area contributed by atoms with E-state index in [0.717, 1.165) is 21.5 Å². The van der Waals surface area contributed by atoms with E-state index in [-0.39, 0.29) is 12.6 Å². The van der Waals surface area contributed by atoms with Crippen LogP contribution in [0.3, 0.4) is 0 Å². The minimum absolute atomic E-state index is 0.280. The van der Waals surface area contributed by atoms with Crippen molar-refractivity contribution >= 4 is 39.3 Å². The van der Waals surface area contributed by atoms with E-state index >= 15 is 0 Å². The van der Waals surface area contributed by atoms with Gasteiger partial charge in [0, 0.05) is 10.8 Å². The van der Waals surface area contributed by atoms with Crippen molar-refractivity contribution in [1.29, 1.82) is 0 Å². The van der Waals surface area contributed by atoms with Crippen molar-refractivity contribution in [3.05, 3.63) is 54.1 Å². The van der Waals surface area contributed by atoms with Crippen molar-refractivity contribution in [3.63, 3.8) is 0 Å². The van der Waals surface area contributed by atoms with Crippen LogP contribution in [0.25, 0.3) is 21.5 Å². The number of ether oxygens (including phenoxy) is 2. The van der Waals surface area contributed by atoms with Gasteiger partial charge in [-0.1, -0.05) is 48.5 Å². The Bertz CT molecular complexity index is 892. The van der Waals surface area contributed by atoms with Crippen molar-refractivity contribution in [3.8, 4) is 0 Å². The van der Waals surface area contributed by atoms with E-state index in [9.17, 15) is 9.59 Å². The molecule has 3 aromatic rings. The second-order valence-electron chi connectivity index (χ2n) is 5.41. The van der Waals surface area contributed by atoms with Gasteiger partial charge in [-0.2, -0.15) is 0 Å². The van der Waals surface area contributed by atoms with Gasteiger partial charge in [0.15, 0.2) is 0 Å². The van der Waals surface area contributed by atoms with Gasteiger partial charge in [0.1, 0.15) is 0 Å². The lowest BCUT2D eigenvalue weighted by atomic mass is 9.94. The molecule has 0 aromatic heterocycles. The van der Waals surface area contributed by atoms with E-state index in [2.05, 4.69) is 5.32 Å². The number of amides is 1. The highest BCUT2D eigenvalue weighted by atomic mass is 16.5. The van der Waals surface area contributed by atoms with Crippen LogP contribution in [0, 0.1) is 0 Å². The van der Waals surface area contributed by atoms with Gasteiger partial charge in [-0.05, 0) is 24.6 Å². The number of hydrogen-bond acceptors (Lipinski definition) is 4. The number of benzene rings is 3. The van der Waals surface area contributed by atoms with Gasteiger partial charge in [0.25, 0.3) is 0 Å². The van der Waals surface area contributed by atoms with Crippen molar-refractivity contribution < 1.29 is 19.1 Å². The van der Waals surface area contributed by atoms with Crippen molar-refractivity contribution in [2.24, 2.45) is 0 Å². The molecule has 0 saturated heterocycles. The highest BCUT2D eigenvalue weighted by molar-refractivity contribution is 6.24. The van der Waals surface area contributed by atoms with Gasteiger partial charge in [0.2, 0.25) is 0 Å². The molecule has 3 rings (SSSR count). The number of anilines is 1. The number of fused-ring (bicyclic) bond motifs is 2. The predicted molar refractivity (Wildman–Crippen MR) is 98.1 cm³/mol. The lowest BCUT2D eigenvalue weighted by molar-refractivity contribution is 0.0531. The van der Waals surface area contributed by atoms with Crippen molar-refractivity contribution in [1.82, 2.24) is 0 Å². The molecule has 0 saturated carbocycles. The third-order valence-corrected chi connectivity index (χ3v) is 3.91. The Morgan fingerprint density at radius 1 is 0.800 bits per heavy atom. The molecular weight excluding hydrogens is 318 g/mol. The van der Waals surface area contributed by atoms with Crippen LogP contribution < -0.4 is 5.32 Å². The minimum Gasteiger partial charge on any atom is -0.462 e. The molecule has 0 aliphatic carbocycles. The van der Waals surface area contributed by atoms with Crippen molar-refractivity contribution in [2.45, 2.75) is 13.8 Å². The predicted octanol–water partition coefficient (Wildman–Crippen LogP) is 4.74. The van der Waals surface area contributed by atoms with Gasteiger partial charge < -0.3 is 9.47 Å². The van der Waals surface area contributed by atoms with Gasteiger partial charge in [-0.15, -0.1) is 0 Å². The lowest BCUT2D eigenvalue weighted by Crippen LogP contribution is -2.15. The zero-order valence-corrected chi connectivity index (χ0v) is 14.2. The zero-order valence-electron chi connectivity index (χ0n) is 14.2. The van der Waals surface area contributed by atoms with Crippen LogP contribution in [-0.4, -0.2) is 25.3 Å². The average Bonchev–Trinajstić information content (AvgIpc) is 2.62. The van der Waals surface area contributed by atoms with Gasteiger partial charge in [0.05, 0.1) is 24.5 Å². The Labute approximate surface area is 145 Å². The second-order valence-corrected chi connectivity index (χ2v) is 5.41. The van der Waals surface area contributed by atoms with E-state index < -0.39 is 6.09 Å². The van der Waals surface area contributed by atoms with E-state index in [0.29, 0.717) is 17.9 Å². The second kappa shape index (κ2) is 7.21. The first-order chi connectivity index (χ1) is 12.2. The first-order valence-electron chi connectivity index (χ1n) is 8.21. The summed E-state index contributed by atoms with van der Waals surface area (Å²) in [4.78, 5) is 24.6. The standard InChI is InChI=1S/C20H19NO4/c1-3-24-19(22)17-13-9-5-7-11-15(13)18(21-20(23)25-4-2)16-12-8-6-10-14(16)17/h5-12H,3-4H2,1-2H3,(H,21,23). The number of hydrogen-bond donors (Lipinski definition) is 1. The third-order valence-electron chi connectivity index (χ3n) is 3.91. The molecule has 1 N–H and O–H groups in total. The molecule has 5 heteroatoms. The summed E-state index contributed by atoms with van der Waals surface area (Å²) in [5.41, 5.74) is 1.13. The molecule has 5 nitrogen and oxygen atoms in total. The molecule has 25 heavy (non-hydrogen) atoms. The quantitative estimate of drug-likeness (QED) is 0.552. The maximum Gasteiger partial charge on any atom is 0.411 e. The first-order valence-corrected chi connectivity index (χ1v) is 8.21. The number of esters is 1. The fraction of sp³-hybridized carbons (Fsp3) is 0.200. The van der Waals surface area contributed by atoms with Gasteiger partial charge in [-0.3, -0.25) is 5.32 Å². The molecule has 0 aliphatic rings. The largest absolute Gasteiger partial charge is 0.462 e. The fourth-order valence-corrected chi connectivity index (χ4v) is 2.96. The number of carbonyl (C=O) groups is 2. The summed E-state index contributed by atoms with van der Waals surface area (Å²) in [5, 5.41) is 5.79. The highest BCUT2D eigenvalue weighted by Crippen LogP contribution is 2.37. The molecule has 0 bridgehead atoms. The third kappa shape index (κ3) is 3.13. The zero-order chi connectivity index (χ0) is 17.8. The maximum atomic E-state index is 12.6. The van der Waals surface area contributed by atoms with Gasteiger partial charge in [-0.25, -0.2) is 9.59 Å². The molecule has 0 atom stereocenters. The molecule has 0 spiro atoms. The molecule has 0 fully saturated rings. The van der Waals surface area contributed by atoms with Crippen LogP contribution in [-0.2, 0) is 9.47 Å². The molecule has 0 radical (unpaired) electrons. The minimum atomic E-state index is -0.526. The van der Waals surface area contributed by atoms with Crippen LogP contribution >= 0.6 is 0 Å². The van der Waals surface area contributed by atoms with E-state index in [4.69, 9.17) is 9.47 Å². The fourth-order valence-electron chi connectivity index (χ4n) is 2.96. The van der Waals surface area contributed by atoms with E-state index in [1.54, 1.807) is 13.8 Å². The van der Waals surface area contributed by atoms with E-state index in [1.807, 2.05) is 48.5 Å². The summed E-state index contributed by atoms with van der Waals surface area (Å²) in [6.45, 7) is 4.10. The average molecular weight is 337 g/mol. The van der Waals surface area contributed by atoms with Crippen LogP contribution in [0.1, 0.15) is 24.2 Å². The number of rotatable bonds is 4. The molecular formula is C20H19NO4. The van der Waals surface area contributed by atoms with Gasteiger partial charge >= 0.3 is 12.1 Å². The lowest BCUT2D eigenvalue weighted by Gasteiger charge is -2.16. The Hall–Kier alpha value is -3.08.